The second kappa shape index (κ2) is 18.1. The van der Waals surface area contributed by atoms with E-state index in [1.54, 1.807) is 25.1 Å². The summed E-state index contributed by atoms with van der Waals surface area (Å²) in [5, 5.41) is 6.07. The molecule has 2 aromatic heterocycles. The van der Waals surface area contributed by atoms with Gasteiger partial charge >= 0.3 is 12.1 Å². The van der Waals surface area contributed by atoms with Crippen molar-refractivity contribution < 1.29 is 36.6 Å². The number of ether oxygens (including phenoxy) is 3. The first-order valence-electron chi connectivity index (χ1n) is 16.0. The minimum atomic E-state index is -4.93. The molecule has 0 saturated carbocycles. The maximum absolute atomic E-state index is 12.5. The smallest absolute Gasteiger partial charge is 0.414 e. The second-order valence-electron chi connectivity index (χ2n) is 14.0. The Bertz CT molecular complexity index is 1630. The zero-order valence-corrected chi connectivity index (χ0v) is 32.9. The number of fused-ring (bicyclic) bond motifs is 1. The zero-order chi connectivity index (χ0) is 38.0. The van der Waals surface area contributed by atoms with Gasteiger partial charge in [-0.05, 0) is 37.5 Å². The minimum Gasteiger partial charge on any atom is -0.414 e. The molecular weight excluding hydrogens is 728 g/mol. The van der Waals surface area contributed by atoms with Crippen LogP contribution in [0.25, 0.3) is 21.5 Å². The minimum absolute atomic E-state index is 0.00633. The van der Waals surface area contributed by atoms with Crippen molar-refractivity contribution in [3.8, 4) is 11.8 Å². The van der Waals surface area contributed by atoms with E-state index in [4.69, 9.17) is 24.2 Å². The fourth-order valence-corrected chi connectivity index (χ4v) is 7.52. The predicted octanol–water partition coefficient (Wildman–Crippen LogP) is 6.78. The molecule has 1 amide bonds. The molecule has 2 aromatic rings. The van der Waals surface area contributed by atoms with Crippen molar-refractivity contribution in [3.63, 3.8) is 0 Å². The lowest BCUT2D eigenvalue weighted by Gasteiger charge is -2.37. The maximum atomic E-state index is 12.5. The van der Waals surface area contributed by atoms with Gasteiger partial charge in [0.1, 0.15) is 43.6 Å². The van der Waals surface area contributed by atoms with Gasteiger partial charge in [0.2, 0.25) is 0 Å². The SMILES string of the molecule is CN(C)C=Nc1ncnc2c1c(C#CCOCSSC(C)(C)CNC(=O)C(F)(F)F)cn2[C@H]1CC(OCN=[N+]=[N-])[C@@H](CO[Si](C)(C)C(C)(C)C)O1. The molecule has 0 radical (unpaired) electrons. The lowest BCUT2D eigenvalue weighted by Crippen LogP contribution is -2.44. The summed E-state index contributed by atoms with van der Waals surface area (Å²) in [5.74, 6) is 4.81. The maximum Gasteiger partial charge on any atom is 0.471 e. The Hall–Kier alpha value is -3.02. The van der Waals surface area contributed by atoms with E-state index in [-0.39, 0.29) is 30.9 Å². The summed E-state index contributed by atoms with van der Waals surface area (Å²) in [6, 6.07) is 0. The molecule has 1 fully saturated rings. The normalized spacial score (nSPS) is 18.5. The number of hydrogen-bond acceptors (Lipinski definition) is 11. The Kier molecular flexibility index (Phi) is 15.1. The molecule has 1 unspecified atom stereocenters. The summed E-state index contributed by atoms with van der Waals surface area (Å²) in [4.78, 5) is 29.2. The molecular formula is C31H46F3N9O5S2Si. The number of carbonyl (C=O) groups excluding carboxylic acids is 1. The van der Waals surface area contributed by atoms with Crippen LogP contribution in [0.1, 0.15) is 52.8 Å². The lowest BCUT2D eigenvalue weighted by atomic mass is 10.2. The zero-order valence-electron chi connectivity index (χ0n) is 30.3. The third kappa shape index (κ3) is 12.6. The standard InChI is InChI=1S/C31H46F3N9O5S2Si/c1-29(2,3)51(8,9)47-15-23-22(46-19-40-41-35)13-24(48-23)43-14-21(25-26(39-18-42(6)7)37-17-38-27(25)43)11-10-12-45-20-49-50-30(4,5)16-36-28(44)31(32,33)34/h14,17-18,22-24H,12-13,15-16,19-20H2,1-9H3,(H,36,44)/t22?,23-,24-/m1/s1. The Labute approximate surface area is 305 Å². The summed E-state index contributed by atoms with van der Waals surface area (Å²) >= 11 is 0. The highest BCUT2D eigenvalue weighted by Gasteiger charge is 2.42. The molecule has 14 nitrogen and oxygen atoms in total. The highest BCUT2D eigenvalue weighted by molar-refractivity contribution is 8.77. The first kappa shape index (κ1) is 42.4. The van der Waals surface area contributed by atoms with E-state index < -0.39 is 43.6 Å². The van der Waals surface area contributed by atoms with Crippen LogP contribution in [0.2, 0.25) is 18.1 Å². The van der Waals surface area contributed by atoms with Gasteiger partial charge in [-0.25, -0.2) is 15.0 Å². The van der Waals surface area contributed by atoms with Crippen molar-refractivity contribution in [2.45, 2.75) is 88.5 Å². The third-order valence-electron chi connectivity index (χ3n) is 8.06. The van der Waals surface area contributed by atoms with Gasteiger partial charge in [-0.15, -0.1) is 0 Å². The van der Waals surface area contributed by atoms with Crippen LogP contribution in [0.15, 0.2) is 22.6 Å². The molecule has 0 aromatic carbocycles. The van der Waals surface area contributed by atoms with E-state index in [1.807, 2.05) is 30.2 Å². The van der Waals surface area contributed by atoms with Gasteiger partial charge in [-0.2, -0.15) is 13.2 Å². The molecule has 3 rings (SSSR count). The van der Waals surface area contributed by atoms with Crippen LogP contribution in [-0.4, -0.2) is 110 Å². The van der Waals surface area contributed by atoms with Crippen LogP contribution in [0.4, 0.5) is 19.0 Å². The quantitative estimate of drug-likeness (QED) is 0.0184. The summed E-state index contributed by atoms with van der Waals surface area (Å²) in [6.45, 7) is 14.3. The van der Waals surface area contributed by atoms with Crippen LogP contribution in [0.5, 0.6) is 0 Å². The highest BCUT2D eigenvalue weighted by Crippen LogP contribution is 2.40. The van der Waals surface area contributed by atoms with Crippen LogP contribution in [0, 0.1) is 11.8 Å². The highest BCUT2D eigenvalue weighted by atomic mass is 33.1. The van der Waals surface area contributed by atoms with Gasteiger partial charge in [-0.3, -0.25) is 4.79 Å². The number of aromatic nitrogens is 3. The number of rotatable bonds is 16. The number of azide groups is 1. The number of nitrogens with zero attached hydrogens (tertiary/aromatic N) is 8. The molecule has 1 aliphatic heterocycles. The van der Waals surface area contributed by atoms with Crippen molar-refractivity contribution in [1.82, 2.24) is 24.8 Å². The van der Waals surface area contributed by atoms with Crippen LogP contribution >= 0.6 is 21.6 Å². The number of nitrogens with one attached hydrogen (secondary N) is 1. The molecule has 1 N–H and O–H groups in total. The summed E-state index contributed by atoms with van der Waals surface area (Å²) in [7, 11) is 4.17. The number of carbonyl (C=O) groups is 1. The van der Waals surface area contributed by atoms with Crippen molar-refractivity contribution in [2.75, 3.05) is 46.5 Å². The molecule has 0 spiro atoms. The average Bonchev–Trinajstić information content (AvgIpc) is 3.61. The molecule has 0 aliphatic carbocycles. The summed E-state index contributed by atoms with van der Waals surface area (Å²) in [6.07, 6.45) is -0.980. The Balaban J connectivity index is 1.79. The van der Waals surface area contributed by atoms with E-state index in [0.29, 0.717) is 35.4 Å². The third-order valence-corrected chi connectivity index (χ3v) is 15.5. The first-order valence-corrected chi connectivity index (χ1v) is 21.2. The van der Waals surface area contributed by atoms with Crippen LogP contribution < -0.4 is 5.32 Å². The Morgan fingerprint density at radius 3 is 2.65 bits per heavy atom. The van der Waals surface area contributed by atoms with Gasteiger partial charge in [0.15, 0.2) is 14.1 Å². The Morgan fingerprint density at radius 1 is 1.27 bits per heavy atom. The Morgan fingerprint density at radius 2 is 2.00 bits per heavy atom. The fraction of sp³-hybridized carbons (Fsp3) is 0.677. The number of alkyl halides is 3. The molecule has 1 saturated heterocycles. The number of amides is 1. The van der Waals surface area contributed by atoms with Gasteiger partial charge in [0.05, 0.1) is 30.0 Å². The average molecular weight is 774 g/mol. The van der Waals surface area contributed by atoms with Crippen molar-refractivity contribution in [1.29, 1.82) is 0 Å². The van der Waals surface area contributed by atoms with Crippen molar-refractivity contribution in [3.05, 3.63) is 28.5 Å². The predicted molar refractivity (Wildman–Crippen MR) is 196 cm³/mol. The fourth-order valence-electron chi connectivity index (χ4n) is 4.37. The second-order valence-corrected chi connectivity index (χ2v) is 21.7. The molecule has 1 aliphatic rings. The van der Waals surface area contributed by atoms with Gasteiger partial charge in [-0.1, -0.05) is 59.3 Å². The van der Waals surface area contributed by atoms with Crippen molar-refractivity contribution in [2.24, 2.45) is 10.1 Å². The largest absolute Gasteiger partial charge is 0.471 e. The topological polar surface area (TPSA) is 161 Å². The van der Waals surface area contributed by atoms with E-state index in [1.165, 1.54) is 27.9 Å². The van der Waals surface area contributed by atoms with Crippen LogP contribution in [0.3, 0.4) is 0 Å². The molecule has 3 heterocycles. The number of halogens is 3. The van der Waals surface area contributed by atoms with E-state index in [9.17, 15) is 18.0 Å². The monoisotopic (exact) mass is 773 g/mol. The van der Waals surface area contributed by atoms with Crippen LogP contribution in [-0.2, 0) is 23.4 Å². The molecule has 282 valence electrons. The molecule has 51 heavy (non-hydrogen) atoms. The molecule has 0 bridgehead atoms. The van der Waals surface area contributed by atoms with Crippen molar-refractivity contribution >= 4 is 59.0 Å². The van der Waals surface area contributed by atoms with Gasteiger partial charge < -0.3 is 33.4 Å². The van der Waals surface area contributed by atoms with E-state index in [0.717, 1.165) is 0 Å². The van der Waals surface area contributed by atoms with Gasteiger partial charge in [0, 0.05) is 42.9 Å². The number of aliphatic imine (C=N–C) groups is 1. The lowest BCUT2D eigenvalue weighted by molar-refractivity contribution is -0.173. The number of hydrogen-bond donors (Lipinski definition) is 1. The molecule has 3 atom stereocenters. The van der Waals surface area contributed by atoms with Gasteiger partial charge in [0.25, 0.3) is 0 Å². The van der Waals surface area contributed by atoms with E-state index >= 15 is 0 Å². The van der Waals surface area contributed by atoms with E-state index in [2.05, 4.69) is 70.7 Å². The first-order chi connectivity index (χ1) is 23.8. The molecule has 20 heteroatoms. The summed E-state index contributed by atoms with van der Waals surface area (Å²) < 4.78 is 63.3. The summed E-state index contributed by atoms with van der Waals surface area (Å²) in [5.41, 5.74) is 9.96.